The average molecular weight is 412 g/mol. The van der Waals surface area contributed by atoms with Gasteiger partial charge in [0.1, 0.15) is 5.75 Å². The first-order valence-electron chi connectivity index (χ1n) is 7.65. The van der Waals surface area contributed by atoms with Gasteiger partial charge in [0, 0.05) is 20.4 Å². The molecule has 5 heteroatoms. The number of benzene rings is 3. The fraction of sp³-hybridized carbons (Fsp3) is 0. The molecule has 0 N–H and O–H groups in total. The van der Waals surface area contributed by atoms with Gasteiger partial charge in [0.25, 0.3) is 0 Å². The minimum Gasteiger partial charge on any atom is -0.424 e. The third kappa shape index (κ3) is 3.50. The molecule has 0 atom stereocenters. The highest BCUT2D eigenvalue weighted by molar-refractivity contribution is 9.10. The molecule has 0 saturated heterocycles. The van der Waals surface area contributed by atoms with Crippen molar-refractivity contribution in [2.45, 2.75) is 0 Å². The third-order valence-corrected chi connectivity index (χ3v) is 4.45. The molecule has 3 aromatic carbocycles. The maximum Gasteiger partial charge on any atom is 0.323 e. The lowest BCUT2D eigenvalue weighted by molar-refractivity contribution is 0.445. The molecule has 4 rings (SSSR count). The highest BCUT2D eigenvalue weighted by atomic mass is 79.9. The Labute approximate surface area is 158 Å². The Kier molecular flexibility index (Phi) is 4.38. The monoisotopic (exact) mass is 410 g/mol. The van der Waals surface area contributed by atoms with Crippen LogP contribution in [0.4, 0.5) is 0 Å². The number of hydrogen-bond acceptors (Lipinski definition) is 3. The smallest absolute Gasteiger partial charge is 0.323 e. The quantitative estimate of drug-likeness (QED) is 0.386. The van der Waals surface area contributed by atoms with Crippen molar-refractivity contribution in [2.75, 3.05) is 0 Å². The number of ether oxygens (including phenoxy) is 1. The molecule has 0 radical (unpaired) electrons. The van der Waals surface area contributed by atoms with Gasteiger partial charge in [-0.25, -0.2) is 0 Å². The molecule has 0 spiro atoms. The van der Waals surface area contributed by atoms with Gasteiger partial charge in [-0.15, -0.1) is 0 Å². The highest BCUT2D eigenvalue weighted by Crippen LogP contribution is 2.31. The van der Waals surface area contributed by atoms with Crippen molar-refractivity contribution in [3.05, 3.63) is 82.3 Å². The molecular weight excluding hydrogens is 400 g/mol. The van der Waals surface area contributed by atoms with Crippen LogP contribution >= 0.6 is 27.5 Å². The van der Waals surface area contributed by atoms with Crippen molar-refractivity contribution in [2.24, 2.45) is 0 Å². The molecule has 1 heterocycles. The van der Waals surface area contributed by atoms with Crippen LogP contribution in [-0.4, -0.2) is 9.97 Å². The van der Waals surface area contributed by atoms with E-state index in [1.807, 2.05) is 48.5 Å². The zero-order chi connectivity index (χ0) is 17.2. The topological polar surface area (TPSA) is 35.0 Å². The summed E-state index contributed by atoms with van der Waals surface area (Å²) in [6.45, 7) is 0. The van der Waals surface area contributed by atoms with E-state index in [1.54, 1.807) is 24.3 Å². The Balaban J connectivity index is 1.86. The molecule has 25 heavy (non-hydrogen) atoms. The molecule has 0 saturated carbocycles. The van der Waals surface area contributed by atoms with E-state index >= 15 is 0 Å². The standard InChI is InChI=1S/C20H12BrClN2O/c21-14-6-11-18-17(12-14)19(13-4-2-1-3-5-13)24-20(23-18)25-16-9-7-15(22)8-10-16/h1-12H. The lowest BCUT2D eigenvalue weighted by Gasteiger charge is -2.10. The molecule has 0 aliphatic heterocycles. The van der Waals surface area contributed by atoms with Gasteiger partial charge in [-0.3, -0.25) is 0 Å². The van der Waals surface area contributed by atoms with Crippen molar-refractivity contribution >= 4 is 38.4 Å². The van der Waals surface area contributed by atoms with E-state index in [4.69, 9.17) is 16.3 Å². The molecule has 0 unspecified atom stereocenters. The molecule has 1 aromatic heterocycles. The summed E-state index contributed by atoms with van der Waals surface area (Å²) in [6, 6.07) is 23.3. The number of rotatable bonds is 3. The molecular formula is C20H12BrClN2O. The predicted octanol–water partition coefficient (Wildman–Crippen LogP) is 6.51. The van der Waals surface area contributed by atoms with E-state index in [0.717, 1.165) is 26.6 Å². The van der Waals surface area contributed by atoms with Crippen molar-refractivity contribution in [3.63, 3.8) is 0 Å². The van der Waals surface area contributed by atoms with Gasteiger partial charge in [-0.2, -0.15) is 9.97 Å². The van der Waals surface area contributed by atoms with Gasteiger partial charge in [0.15, 0.2) is 0 Å². The summed E-state index contributed by atoms with van der Waals surface area (Å²) in [5.41, 5.74) is 2.66. The zero-order valence-electron chi connectivity index (χ0n) is 13.0. The van der Waals surface area contributed by atoms with Gasteiger partial charge in [0.05, 0.1) is 11.2 Å². The van der Waals surface area contributed by atoms with Crippen LogP contribution in [0, 0.1) is 0 Å². The summed E-state index contributed by atoms with van der Waals surface area (Å²) in [5, 5.41) is 1.62. The van der Waals surface area contributed by atoms with Crippen molar-refractivity contribution in [1.82, 2.24) is 9.97 Å². The number of nitrogens with zero attached hydrogens (tertiary/aromatic N) is 2. The van der Waals surface area contributed by atoms with E-state index in [9.17, 15) is 0 Å². The molecule has 0 aliphatic rings. The number of halogens is 2. The SMILES string of the molecule is Clc1ccc(Oc2nc(-c3ccccc3)c3cc(Br)ccc3n2)cc1. The molecule has 0 bridgehead atoms. The molecule has 0 aliphatic carbocycles. The second kappa shape index (κ2) is 6.82. The fourth-order valence-electron chi connectivity index (χ4n) is 2.55. The Morgan fingerprint density at radius 1 is 0.840 bits per heavy atom. The van der Waals surface area contributed by atoms with Crippen molar-refractivity contribution < 1.29 is 4.74 Å². The average Bonchev–Trinajstić information content (AvgIpc) is 2.64. The molecule has 122 valence electrons. The van der Waals surface area contributed by atoms with Crippen molar-refractivity contribution in [3.8, 4) is 23.0 Å². The van der Waals surface area contributed by atoms with Crippen LogP contribution in [-0.2, 0) is 0 Å². The van der Waals surface area contributed by atoms with E-state index in [1.165, 1.54) is 0 Å². The van der Waals surface area contributed by atoms with Gasteiger partial charge >= 0.3 is 6.01 Å². The summed E-state index contributed by atoms with van der Waals surface area (Å²) in [6.07, 6.45) is 0. The molecule has 0 fully saturated rings. The maximum atomic E-state index is 5.92. The van der Waals surface area contributed by atoms with Crippen molar-refractivity contribution in [1.29, 1.82) is 0 Å². The molecule has 3 nitrogen and oxygen atoms in total. The first kappa shape index (κ1) is 16.1. The van der Waals surface area contributed by atoms with Gasteiger partial charge in [-0.1, -0.05) is 57.9 Å². The summed E-state index contributed by atoms with van der Waals surface area (Å²) >= 11 is 9.44. The van der Waals surface area contributed by atoms with Crippen LogP contribution in [0.5, 0.6) is 11.8 Å². The predicted molar refractivity (Wildman–Crippen MR) is 104 cm³/mol. The Morgan fingerprint density at radius 3 is 2.36 bits per heavy atom. The van der Waals surface area contributed by atoms with Gasteiger partial charge < -0.3 is 4.74 Å². The normalized spacial score (nSPS) is 10.8. The Morgan fingerprint density at radius 2 is 1.60 bits per heavy atom. The van der Waals surface area contributed by atoms with Crippen LogP contribution in [0.2, 0.25) is 5.02 Å². The fourth-order valence-corrected chi connectivity index (χ4v) is 3.04. The largest absolute Gasteiger partial charge is 0.424 e. The van der Waals surface area contributed by atoms with E-state index < -0.39 is 0 Å². The Bertz CT molecular complexity index is 1040. The zero-order valence-corrected chi connectivity index (χ0v) is 15.3. The van der Waals surface area contributed by atoms with E-state index in [-0.39, 0.29) is 0 Å². The number of fused-ring (bicyclic) bond motifs is 1. The van der Waals surface area contributed by atoms with E-state index in [0.29, 0.717) is 16.8 Å². The highest BCUT2D eigenvalue weighted by Gasteiger charge is 2.12. The second-order valence-corrected chi connectivity index (χ2v) is 6.79. The first-order valence-corrected chi connectivity index (χ1v) is 8.82. The van der Waals surface area contributed by atoms with Crippen LogP contribution in [0.1, 0.15) is 0 Å². The third-order valence-electron chi connectivity index (χ3n) is 3.71. The summed E-state index contributed by atoms with van der Waals surface area (Å²) < 4.78 is 6.82. The summed E-state index contributed by atoms with van der Waals surface area (Å²) in [4.78, 5) is 9.18. The molecule has 4 aromatic rings. The van der Waals surface area contributed by atoms with Crippen LogP contribution in [0.25, 0.3) is 22.2 Å². The molecule has 0 amide bonds. The second-order valence-electron chi connectivity index (χ2n) is 5.44. The maximum absolute atomic E-state index is 5.92. The van der Waals surface area contributed by atoms with Crippen LogP contribution < -0.4 is 4.74 Å². The van der Waals surface area contributed by atoms with E-state index in [2.05, 4.69) is 25.9 Å². The van der Waals surface area contributed by atoms with Crippen LogP contribution in [0.15, 0.2) is 77.3 Å². The Hall–Kier alpha value is -2.43. The number of hydrogen-bond donors (Lipinski definition) is 0. The summed E-state index contributed by atoms with van der Waals surface area (Å²) in [7, 11) is 0. The summed E-state index contributed by atoms with van der Waals surface area (Å²) in [5.74, 6) is 0.639. The minimum atomic E-state index is 0.302. The lowest BCUT2D eigenvalue weighted by Crippen LogP contribution is -1.96. The lowest BCUT2D eigenvalue weighted by atomic mass is 10.1. The number of aromatic nitrogens is 2. The van der Waals surface area contributed by atoms with Gasteiger partial charge in [-0.05, 0) is 42.5 Å². The van der Waals surface area contributed by atoms with Crippen LogP contribution in [0.3, 0.4) is 0 Å². The first-order chi connectivity index (χ1) is 12.2. The minimum absolute atomic E-state index is 0.302. The van der Waals surface area contributed by atoms with Gasteiger partial charge in [0.2, 0.25) is 0 Å².